The molecule has 0 saturated carbocycles. The van der Waals surface area contributed by atoms with Gasteiger partial charge < -0.3 is 14.6 Å². The van der Waals surface area contributed by atoms with Gasteiger partial charge in [-0.1, -0.05) is 0 Å². The van der Waals surface area contributed by atoms with Crippen LogP contribution in [0.1, 0.15) is 30.3 Å². The molecular weight excluding hydrogens is 365 g/mol. The van der Waals surface area contributed by atoms with Gasteiger partial charge in [0, 0.05) is 56.3 Å². The summed E-state index contributed by atoms with van der Waals surface area (Å²) >= 11 is 0. The maximum absolute atomic E-state index is 13.5. The number of halogens is 3. The Morgan fingerprint density at radius 2 is 2.15 bits per heavy atom. The first-order valence-electron chi connectivity index (χ1n) is 8.44. The number of hydrogen-bond acceptors (Lipinski definition) is 5. The molecule has 7 nitrogen and oxygen atoms in total. The van der Waals surface area contributed by atoms with E-state index in [1.165, 1.54) is 4.90 Å². The fourth-order valence-electron chi connectivity index (χ4n) is 3.50. The minimum Gasteiger partial charge on any atom is -0.385 e. The molecule has 10 heteroatoms. The smallest absolute Gasteiger partial charge is 0.385 e. The third kappa shape index (κ3) is 3.90. The largest absolute Gasteiger partial charge is 0.418 e. The number of alkyl halides is 3. The van der Waals surface area contributed by atoms with E-state index in [-0.39, 0.29) is 18.2 Å². The van der Waals surface area contributed by atoms with Crippen LogP contribution in [0.25, 0.3) is 0 Å². The van der Waals surface area contributed by atoms with Crippen molar-refractivity contribution < 1.29 is 23.2 Å². The molecule has 2 heterocycles. The average Bonchev–Trinajstić information content (AvgIpc) is 3.06. The number of imidazole rings is 1. The predicted molar refractivity (Wildman–Crippen MR) is 91.2 cm³/mol. The quantitative estimate of drug-likeness (QED) is 0.646. The Morgan fingerprint density at radius 1 is 1.41 bits per heavy atom. The number of aromatic nitrogens is 2. The molecule has 2 aromatic rings. The Kier molecular flexibility index (Phi) is 5.09. The lowest BCUT2D eigenvalue weighted by Gasteiger charge is -2.37. The standard InChI is InChI=1S/C17H19F3N4O3/c1-22-8-6-21-16(22)15(25)11-3-2-7-23(10-11)14-5-4-12(24(26)27)9-13(14)17(18,19)20/h4-6,8-9,11,15,25H,2-3,7,10H2,1H3. The maximum atomic E-state index is 13.5. The monoisotopic (exact) mass is 384 g/mol. The molecular formula is C17H19F3N4O3. The fourth-order valence-corrected chi connectivity index (χ4v) is 3.50. The Balaban J connectivity index is 1.90. The van der Waals surface area contributed by atoms with E-state index < -0.39 is 28.5 Å². The molecule has 0 amide bonds. The summed E-state index contributed by atoms with van der Waals surface area (Å²) in [7, 11) is 1.74. The van der Waals surface area contributed by atoms with Crippen LogP contribution in [0.3, 0.4) is 0 Å². The summed E-state index contributed by atoms with van der Waals surface area (Å²) < 4.78 is 42.1. The number of aryl methyl sites for hydroxylation is 1. The molecule has 27 heavy (non-hydrogen) atoms. The topological polar surface area (TPSA) is 84.4 Å². The van der Waals surface area contributed by atoms with Crippen molar-refractivity contribution in [1.29, 1.82) is 0 Å². The van der Waals surface area contributed by atoms with Crippen LogP contribution in [0.5, 0.6) is 0 Å². The lowest BCUT2D eigenvalue weighted by Crippen LogP contribution is -2.39. The van der Waals surface area contributed by atoms with Gasteiger partial charge in [0.2, 0.25) is 0 Å². The summed E-state index contributed by atoms with van der Waals surface area (Å²) in [6.07, 6.45) is -1.12. The minimum absolute atomic E-state index is 0.107. The number of benzene rings is 1. The normalized spacial score (nSPS) is 19.1. The van der Waals surface area contributed by atoms with Crippen molar-refractivity contribution >= 4 is 11.4 Å². The van der Waals surface area contributed by atoms with Gasteiger partial charge in [-0.05, 0) is 18.9 Å². The first kappa shape index (κ1) is 19.2. The van der Waals surface area contributed by atoms with Crippen LogP contribution in [-0.2, 0) is 13.2 Å². The third-order valence-corrected chi connectivity index (χ3v) is 4.86. The third-order valence-electron chi connectivity index (χ3n) is 4.86. The number of anilines is 1. The summed E-state index contributed by atoms with van der Waals surface area (Å²) in [6, 6.07) is 2.77. The van der Waals surface area contributed by atoms with Gasteiger partial charge in [-0.2, -0.15) is 13.2 Å². The second-order valence-corrected chi connectivity index (χ2v) is 6.65. The molecule has 0 bridgehead atoms. The first-order chi connectivity index (χ1) is 12.7. The number of nitrogens with zero attached hydrogens (tertiary/aromatic N) is 4. The SMILES string of the molecule is Cn1ccnc1C(O)C1CCCN(c2ccc([N+](=O)[O-])cc2C(F)(F)F)C1. The van der Waals surface area contributed by atoms with E-state index in [0.717, 1.165) is 12.1 Å². The van der Waals surface area contributed by atoms with Gasteiger partial charge in [0.15, 0.2) is 0 Å². The second kappa shape index (κ2) is 7.18. The molecule has 146 valence electrons. The van der Waals surface area contributed by atoms with E-state index in [0.29, 0.717) is 31.3 Å². The Hall–Kier alpha value is -2.62. The lowest BCUT2D eigenvalue weighted by molar-refractivity contribution is -0.385. The number of rotatable bonds is 4. The number of non-ortho nitro benzene ring substituents is 1. The van der Waals surface area contributed by atoms with Crippen LogP contribution in [0, 0.1) is 16.0 Å². The highest BCUT2D eigenvalue weighted by atomic mass is 19.4. The molecule has 1 aromatic heterocycles. The van der Waals surface area contributed by atoms with Gasteiger partial charge in [-0.15, -0.1) is 0 Å². The summed E-state index contributed by atoms with van der Waals surface area (Å²) in [5, 5.41) is 21.5. The van der Waals surface area contributed by atoms with E-state index >= 15 is 0 Å². The van der Waals surface area contributed by atoms with Crippen LogP contribution in [-0.4, -0.2) is 32.7 Å². The van der Waals surface area contributed by atoms with Crippen LogP contribution in [0.4, 0.5) is 24.5 Å². The van der Waals surface area contributed by atoms with E-state index in [4.69, 9.17) is 0 Å². The van der Waals surface area contributed by atoms with Gasteiger partial charge in [0.05, 0.1) is 10.5 Å². The molecule has 1 aromatic carbocycles. The number of nitro benzene ring substituents is 1. The molecule has 1 aliphatic rings. The van der Waals surface area contributed by atoms with Crippen LogP contribution >= 0.6 is 0 Å². The van der Waals surface area contributed by atoms with E-state index in [9.17, 15) is 28.4 Å². The summed E-state index contributed by atoms with van der Waals surface area (Å²) in [4.78, 5) is 15.7. The van der Waals surface area contributed by atoms with Gasteiger partial charge in [-0.3, -0.25) is 10.1 Å². The minimum atomic E-state index is -4.72. The van der Waals surface area contributed by atoms with Crippen LogP contribution in [0.15, 0.2) is 30.6 Å². The molecule has 1 saturated heterocycles. The molecule has 1 aliphatic heterocycles. The highest BCUT2D eigenvalue weighted by molar-refractivity contribution is 5.59. The maximum Gasteiger partial charge on any atom is 0.418 e. The summed E-state index contributed by atoms with van der Waals surface area (Å²) in [5.74, 6) is 0.165. The number of hydrogen-bond donors (Lipinski definition) is 1. The van der Waals surface area contributed by atoms with Crippen molar-refractivity contribution in [1.82, 2.24) is 9.55 Å². The van der Waals surface area contributed by atoms with Crippen molar-refractivity contribution in [3.8, 4) is 0 Å². The zero-order valence-electron chi connectivity index (χ0n) is 14.6. The predicted octanol–water partition coefficient (Wildman–Crippen LogP) is 3.30. The molecule has 0 spiro atoms. The van der Waals surface area contributed by atoms with Crippen molar-refractivity contribution in [2.75, 3.05) is 18.0 Å². The fraction of sp³-hybridized carbons (Fsp3) is 0.471. The van der Waals surface area contributed by atoms with Crippen molar-refractivity contribution in [3.05, 3.63) is 52.1 Å². The number of aliphatic hydroxyl groups is 1. The zero-order valence-corrected chi connectivity index (χ0v) is 14.6. The van der Waals surface area contributed by atoms with Crippen molar-refractivity contribution in [2.24, 2.45) is 13.0 Å². The molecule has 0 radical (unpaired) electrons. The highest BCUT2D eigenvalue weighted by Gasteiger charge is 2.38. The number of nitro groups is 1. The second-order valence-electron chi connectivity index (χ2n) is 6.65. The molecule has 3 rings (SSSR count). The van der Waals surface area contributed by atoms with Gasteiger partial charge in [0.25, 0.3) is 5.69 Å². The molecule has 2 atom stereocenters. The van der Waals surface area contributed by atoms with Gasteiger partial charge in [0.1, 0.15) is 11.9 Å². The molecule has 1 N–H and O–H groups in total. The van der Waals surface area contributed by atoms with Crippen LogP contribution < -0.4 is 4.90 Å². The Morgan fingerprint density at radius 3 is 2.74 bits per heavy atom. The highest BCUT2D eigenvalue weighted by Crippen LogP contribution is 2.41. The average molecular weight is 384 g/mol. The lowest BCUT2D eigenvalue weighted by atomic mass is 9.91. The summed E-state index contributed by atoms with van der Waals surface area (Å²) in [5.41, 5.74) is -1.75. The van der Waals surface area contributed by atoms with E-state index in [1.54, 1.807) is 24.0 Å². The zero-order chi connectivity index (χ0) is 19.8. The van der Waals surface area contributed by atoms with E-state index in [2.05, 4.69) is 4.98 Å². The number of piperidine rings is 1. The van der Waals surface area contributed by atoms with E-state index in [1.807, 2.05) is 0 Å². The molecule has 0 aliphatic carbocycles. The summed E-state index contributed by atoms with van der Waals surface area (Å²) in [6.45, 7) is 0.583. The van der Waals surface area contributed by atoms with Gasteiger partial charge >= 0.3 is 6.18 Å². The van der Waals surface area contributed by atoms with Gasteiger partial charge in [-0.25, -0.2) is 4.98 Å². The Labute approximate surface area is 153 Å². The van der Waals surface area contributed by atoms with Crippen LogP contribution in [0.2, 0.25) is 0 Å². The Bertz CT molecular complexity index is 837. The molecule has 2 unspecified atom stereocenters. The first-order valence-corrected chi connectivity index (χ1v) is 8.44. The molecule has 1 fully saturated rings. The number of aliphatic hydroxyl groups excluding tert-OH is 1. The van der Waals surface area contributed by atoms with Crippen molar-refractivity contribution in [2.45, 2.75) is 25.1 Å². The van der Waals surface area contributed by atoms with Crippen molar-refractivity contribution in [3.63, 3.8) is 0 Å².